The van der Waals surface area contributed by atoms with Crippen LogP contribution in [0.15, 0.2) is 0 Å². The number of aliphatic carboxylic acids is 1. The van der Waals surface area contributed by atoms with Gasteiger partial charge in [0.1, 0.15) is 12.1 Å². The van der Waals surface area contributed by atoms with Gasteiger partial charge in [0.05, 0.1) is 19.2 Å². The smallest absolute Gasteiger partial charge is 0.328 e. The van der Waals surface area contributed by atoms with Crippen molar-refractivity contribution in [3.8, 4) is 0 Å². The second kappa shape index (κ2) is 11.8. The van der Waals surface area contributed by atoms with Crippen molar-refractivity contribution in [2.45, 2.75) is 44.8 Å². The Kier molecular flexibility index (Phi) is 10.6. The zero-order chi connectivity index (χ0) is 21.1. The number of carboxylic acid groups (broad SMARTS) is 1. The standard InChI is InChI=1S/C15H27N5O7/c1-7(2)12(14(25)19-9(6-21)15(26)27)20-11(23)5-18-13(24)8(16)3-4-10(17)22/h7-9,12,21H,3-6,16H2,1-2H3,(H2,17,22)(H,18,24)(H,19,25)(H,20,23)(H,26,27). The predicted molar refractivity (Wildman–Crippen MR) is 92.8 cm³/mol. The van der Waals surface area contributed by atoms with E-state index in [4.69, 9.17) is 21.7 Å². The van der Waals surface area contributed by atoms with Crippen LogP contribution in [0.5, 0.6) is 0 Å². The van der Waals surface area contributed by atoms with E-state index in [9.17, 15) is 24.0 Å². The van der Waals surface area contributed by atoms with E-state index < -0.39 is 66.8 Å². The summed E-state index contributed by atoms with van der Waals surface area (Å²) in [6.45, 7) is 1.97. The predicted octanol–water partition coefficient (Wildman–Crippen LogP) is -3.60. The molecule has 0 aromatic rings. The maximum absolute atomic E-state index is 12.1. The minimum absolute atomic E-state index is 0.0253. The molecule has 12 heteroatoms. The highest BCUT2D eigenvalue weighted by atomic mass is 16.4. The van der Waals surface area contributed by atoms with Crippen molar-refractivity contribution in [1.82, 2.24) is 16.0 Å². The van der Waals surface area contributed by atoms with Gasteiger partial charge in [0.25, 0.3) is 0 Å². The van der Waals surface area contributed by atoms with Crippen molar-refractivity contribution in [2.24, 2.45) is 17.4 Å². The summed E-state index contributed by atoms with van der Waals surface area (Å²) in [5, 5.41) is 24.5. The van der Waals surface area contributed by atoms with E-state index in [-0.39, 0.29) is 12.8 Å². The zero-order valence-electron chi connectivity index (χ0n) is 15.2. The summed E-state index contributed by atoms with van der Waals surface area (Å²) in [5.74, 6) is -4.57. The number of carbonyl (C=O) groups is 5. The van der Waals surface area contributed by atoms with Gasteiger partial charge in [-0.15, -0.1) is 0 Å². The van der Waals surface area contributed by atoms with E-state index >= 15 is 0 Å². The molecule has 0 fully saturated rings. The van der Waals surface area contributed by atoms with Crippen molar-refractivity contribution in [3.05, 3.63) is 0 Å². The van der Waals surface area contributed by atoms with Gasteiger partial charge < -0.3 is 37.6 Å². The summed E-state index contributed by atoms with van der Waals surface area (Å²) in [4.78, 5) is 57.4. The highest BCUT2D eigenvalue weighted by Crippen LogP contribution is 2.02. The van der Waals surface area contributed by atoms with Crippen molar-refractivity contribution in [1.29, 1.82) is 0 Å². The molecular formula is C15H27N5O7. The highest BCUT2D eigenvalue weighted by Gasteiger charge is 2.28. The van der Waals surface area contributed by atoms with Crippen molar-refractivity contribution < 1.29 is 34.2 Å². The highest BCUT2D eigenvalue weighted by molar-refractivity contribution is 5.92. The molecule has 4 amide bonds. The summed E-state index contributed by atoms with van der Waals surface area (Å²) in [5.41, 5.74) is 10.5. The molecule has 0 rings (SSSR count). The van der Waals surface area contributed by atoms with Crippen molar-refractivity contribution >= 4 is 29.6 Å². The number of rotatable bonds is 12. The average molecular weight is 389 g/mol. The van der Waals surface area contributed by atoms with E-state index in [1.165, 1.54) is 0 Å². The molecule has 0 bridgehead atoms. The second-order valence-corrected chi connectivity index (χ2v) is 6.20. The SMILES string of the molecule is CC(C)C(NC(=O)CNC(=O)C(N)CCC(N)=O)C(=O)NC(CO)C(=O)O. The number of amides is 4. The van der Waals surface area contributed by atoms with Gasteiger partial charge in [-0.25, -0.2) is 4.79 Å². The topological polar surface area (TPSA) is 214 Å². The molecule has 12 nitrogen and oxygen atoms in total. The third-order valence-corrected chi connectivity index (χ3v) is 3.52. The Hall–Kier alpha value is -2.73. The van der Waals surface area contributed by atoms with Crippen LogP contribution in [0.1, 0.15) is 26.7 Å². The molecule has 0 aliphatic heterocycles. The number of nitrogens with two attached hydrogens (primary N) is 2. The van der Waals surface area contributed by atoms with Gasteiger partial charge in [0.2, 0.25) is 23.6 Å². The monoisotopic (exact) mass is 389 g/mol. The van der Waals surface area contributed by atoms with Crippen LogP contribution in [0.3, 0.4) is 0 Å². The first-order chi connectivity index (χ1) is 12.5. The number of carboxylic acids is 1. The molecular weight excluding hydrogens is 362 g/mol. The first kappa shape index (κ1) is 24.3. The fraction of sp³-hybridized carbons (Fsp3) is 0.667. The first-order valence-corrected chi connectivity index (χ1v) is 8.24. The quantitative estimate of drug-likeness (QED) is 0.176. The molecule has 0 saturated heterocycles. The van der Waals surface area contributed by atoms with E-state index in [1.807, 2.05) is 0 Å². The minimum Gasteiger partial charge on any atom is -0.480 e. The lowest BCUT2D eigenvalue weighted by Crippen LogP contribution is -2.56. The number of carbonyl (C=O) groups excluding carboxylic acids is 4. The summed E-state index contributed by atoms with van der Waals surface area (Å²) in [7, 11) is 0. The van der Waals surface area contributed by atoms with Crippen LogP contribution >= 0.6 is 0 Å². The van der Waals surface area contributed by atoms with Gasteiger partial charge >= 0.3 is 5.97 Å². The summed E-state index contributed by atoms with van der Waals surface area (Å²) >= 11 is 0. The third-order valence-electron chi connectivity index (χ3n) is 3.52. The molecule has 0 radical (unpaired) electrons. The number of hydrogen-bond donors (Lipinski definition) is 7. The summed E-state index contributed by atoms with van der Waals surface area (Å²) in [6, 6.07) is -3.60. The lowest BCUT2D eigenvalue weighted by atomic mass is 10.0. The summed E-state index contributed by atoms with van der Waals surface area (Å²) < 4.78 is 0. The lowest BCUT2D eigenvalue weighted by Gasteiger charge is -2.23. The van der Waals surface area contributed by atoms with Gasteiger partial charge in [0, 0.05) is 6.42 Å². The Bertz CT molecular complexity index is 567. The zero-order valence-corrected chi connectivity index (χ0v) is 15.2. The second-order valence-electron chi connectivity index (χ2n) is 6.20. The third kappa shape index (κ3) is 9.51. The van der Waals surface area contributed by atoms with Gasteiger partial charge in [-0.1, -0.05) is 13.8 Å². The number of aliphatic hydroxyl groups is 1. The van der Waals surface area contributed by atoms with Gasteiger partial charge in [-0.2, -0.15) is 0 Å². The molecule has 3 unspecified atom stereocenters. The maximum Gasteiger partial charge on any atom is 0.328 e. The number of nitrogens with one attached hydrogen (secondary N) is 3. The largest absolute Gasteiger partial charge is 0.480 e. The van der Waals surface area contributed by atoms with E-state index in [1.54, 1.807) is 13.8 Å². The Morgan fingerprint density at radius 1 is 1.04 bits per heavy atom. The van der Waals surface area contributed by atoms with Crippen LogP contribution in [-0.2, 0) is 24.0 Å². The van der Waals surface area contributed by atoms with Crippen LogP contribution in [0.4, 0.5) is 0 Å². The molecule has 0 aliphatic rings. The maximum atomic E-state index is 12.1. The normalized spacial score (nSPS) is 14.0. The lowest BCUT2D eigenvalue weighted by molar-refractivity contribution is -0.143. The van der Waals surface area contributed by atoms with E-state index in [0.717, 1.165) is 0 Å². The van der Waals surface area contributed by atoms with E-state index in [2.05, 4.69) is 16.0 Å². The molecule has 0 aromatic carbocycles. The number of aliphatic hydroxyl groups excluding tert-OH is 1. The molecule has 9 N–H and O–H groups in total. The Balaban J connectivity index is 4.63. The van der Waals surface area contributed by atoms with Gasteiger partial charge in [0.15, 0.2) is 0 Å². The molecule has 3 atom stereocenters. The molecule has 154 valence electrons. The van der Waals surface area contributed by atoms with Crippen LogP contribution in [-0.4, -0.2) is 71.1 Å². The van der Waals surface area contributed by atoms with Gasteiger partial charge in [-0.3, -0.25) is 19.2 Å². The Morgan fingerprint density at radius 2 is 1.63 bits per heavy atom. The Morgan fingerprint density at radius 3 is 2.07 bits per heavy atom. The molecule has 0 saturated carbocycles. The van der Waals surface area contributed by atoms with Crippen LogP contribution in [0.25, 0.3) is 0 Å². The molecule has 0 heterocycles. The van der Waals surface area contributed by atoms with E-state index in [0.29, 0.717) is 0 Å². The number of primary amides is 1. The molecule has 0 spiro atoms. The van der Waals surface area contributed by atoms with Crippen LogP contribution in [0.2, 0.25) is 0 Å². The summed E-state index contributed by atoms with van der Waals surface area (Å²) in [6.07, 6.45) is -0.0521. The Labute approximate surface area is 156 Å². The van der Waals surface area contributed by atoms with Crippen molar-refractivity contribution in [2.75, 3.05) is 13.2 Å². The fourth-order valence-electron chi connectivity index (χ4n) is 1.93. The van der Waals surface area contributed by atoms with Crippen molar-refractivity contribution in [3.63, 3.8) is 0 Å². The first-order valence-electron chi connectivity index (χ1n) is 8.24. The molecule has 27 heavy (non-hydrogen) atoms. The molecule has 0 aliphatic carbocycles. The van der Waals surface area contributed by atoms with Gasteiger partial charge in [-0.05, 0) is 12.3 Å². The average Bonchev–Trinajstić information content (AvgIpc) is 2.58. The van der Waals surface area contributed by atoms with Crippen LogP contribution < -0.4 is 27.4 Å². The van der Waals surface area contributed by atoms with Crippen LogP contribution in [0, 0.1) is 5.92 Å². The molecule has 0 aromatic heterocycles. The minimum atomic E-state index is -1.50. The number of hydrogen-bond acceptors (Lipinski definition) is 7. The fourth-order valence-corrected chi connectivity index (χ4v) is 1.93.